The van der Waals surface area contributed by atoms with Gasteiger partial charge in [-0.2, -0.15) is 0 Å². The van der Waals surface area contributed by atoms with Crippen LogP contribution in [0.2, 0.25) is 0 Å². The van der Waals surface area contributed by atoms with Crippen LogP contribution in [0, 0.1) is 28.6 Å². The Balaban J connectivity index is 1.33. The first-order valence-corrected chi connectivity index (χ1v) is 10.6. The first-order chi connectivity index (χ1) is 12.0. The van der Waals surface area contributed by atoms with Crippen molar-refractivity contribution in [1.82, 2.24) is 0 Å². The second-order valence-corrected chi connectivity index (χ2v) is 10.3. The van der Waals surface area contributed by atoms with Crippen molar-refractivity contribution < 1.29 is 14.2 Å². The van der Waals surface area contributed by atoms with Gasteiger partial charge in [-0.1, -0.05) is 25.5 Å². The molecule has 3 saturated carbocycles. The fraction of sp³-hybridized carbons (Fsp3) is 0.909. The molecular weight excluding hydrogens is 312 g/mol. The van der Waals surface area contributed by atoms with E-state index in [-0.39, 0.29) is 11.4 Å². The summed E-state index contributed by atoms with van der Waals surface area (Å²) in [7, 11) is 0. The fourth-order valence-electron chi connectivity index (χ4n) is 8.00. The topological polar surface area (TPSA) is 31.0 Å². The third-order valence-corrected chi connectivity index (χ3v) is 9.71. The summed E-state index contributed by atoms with van der Waals surface area (Å²) in [4.78, 5) is 0. The summed E-state index contributed by atoms with van der Waals surface area (Å²) < 4.78 is 18.2. The molecule has 6 aliphatic rings. The van der Waals surface area contributed by atoms with Gasteiger partial charge in [0.2, 0.25) is 0 Å². The maximum absolute atomic E-state index is 6.06. The van der Waals surface area contributed by atoms with E-state index in [2.05, 4.69) is 19.9 Å². The fourth-order valence-corrected chi connectivity index (χ4v) is 8.00. The van der Waals surface area contributed by atoms with E-state index in [9.17, 15) is 0 Å². The van der Waals surface area contributed by atoms with Crippen LogP contribution in [-0.4, -0.2) is 31.2 Å². The summed E-state index contributed by atoms with van der Waals surface area (Å²) >= 11 is 0. The van der Waals surface area contributed by atoms with Crippen LogP contribution in [0.25, 0.3) is 0 Å². The number of rotatable bonds is 0. The molecule has 6 atom stereocenters. The van der Waals surface area contributed by atoms with Crippen molar-refractivity contribution >= 4 is 0 Å². The van der Waals surface area contributed by atoms with Gasteiger partial charge in [-0.3, -0.25) is 0 Å². The Hall–Kier alpha value is -0.380. The van der Waals surface area contributed by atoms with E-state index < -0.39 is 0 Å². The summed E-state index contributed by atoms with van der Waals surface area (Å²) in [5.74, 6) is 2.33. The zero-order valence-corrected chi connectivity index (χ0v) is 15.8. The molecule has 138 valence electrons. The first kappa shape index (κ1) is 15.7. The summed E-state index contributed by atoms with van der Waals surface area (Å²) in [6.45, 7) is 7.72. The zero-order chi connectivity index (χ0) is 16.9. The Morgan fingerprint density at radius 2 is 1.68 bits per heavy atom. The highest BCUT2D eigenvalue weighted by atomic mass is 16.7. The molecule has 5 fully saturated rings. The Morgan fingerprint density at radius 1 is 0.920 bits per heavy atom. The van der Waals surface area contributed by atoms with Gasteiger partial charge in [-0.05, 0) is 61.7 Å². The van der Waals surface area contributed by atoms with Crippen LogP contribution < -0.4 is 0 Å². The Bertz CT molecular complexity index is 629. The highest BCUT2D eigenvalue weighted by Crippen LogP contribution is 2.71. The van der Waals surface area contributed by atoms with Gasteiger partial charge >= 0.3 is 0 Å². The molecule has 6 unspecified atom stereocenters. The molecule has 2 saturated heterocycles. The minimum Gasteiger partial charge on any atom is -0.369 e. The lowest BCUT2D eigenvalue weighted by atomic mass is 9.47. The maximum Gasteiger partial charge on any atom is 0.172 e. The minimum atomic E-state index is -0.277. The predicted molar refractivity (Wildman–Crippen MR) is 95.0 cm³/mol. The minimum absolute atomic E-state index is 0.273. The average Bonchev–Trinajstić information content (AvgIpc) is 3.18. The van der Waals surface area contributed by atoms with Crippen molar-refractivity contribution in [2.45, 2.75) is 76.6 Å². The van der Waals surface area contributed by atoms with E-state index >= 15 is 0 Å². The van der Waals surface area contributed by atoms with Crippen LogP contribution in [-0.2, 0) is 14.2 Å². The van der Waals surface area contributed by atoms with Gasteiger partial charge in [0.15, 0.2) is 5.79 Å². The molecule has 2 aliphatic heterocycles. The predicted octanol–water partition coefficient (Wildman–Crippen LogP) is 4.46. The lowest BCUT2D eigenvalue weighted by Gasteiger charge is -2.58. The normalized spacial score (nSPS) is 55.6. The van der Waals surface area contributed by atoms with Crippen molar-refractivity contribution in [3.8, 4) is 0 Å². The van der Waals surface area contributed by atoms with E-state index in [1.165, 1.54) is 38.5 Å². The van der Waals surface area contributed by atoms with E-state index in [1.54, 1.807) is 5.57 Å². The van der Waals surface area contributed by atoms with Gasteiger partial charge in [0, 0.05) is 18.3 Å². The summed E-state index contributed by atoms with van der Waals surface area (Å²) in [6.07, 6.45) is 12.7. The highest BCUT2D eigenvalue weighted by molar-refractivity contribution is 5.28. The van der Waals surface area contributed by atoms with Gasteiger partial charge in [0.05, 0.1) is 25.4 Å². The molecule has 4 aliphatic carbocycles. The molecule has 6 rings (SSSR count). The molecule has 0 aromatic carbocycles. The molecule has 0 bridgehead atoms. The second kappa shape index (κ2) is 4.72. The number of hydrogen-bond donors (Lipinski definition) is 0. The molecule has 0 N–H and O–H groups in total. The largest absolute Gasteiger partial charge is 0.369 e. The number of hydrogen-bond acceptors (Lipinski definition) is 3. The average molecular weight is 344 g/mol. The molecule has 0 aromatic heterocycles. The van der Waals surface area contributed by atoms with E-state index in [0.29, 0.717) is 10.8 Å². The van der Waals surface area contributed by atoms with Crippen molar-refractivity contribution in [1.29, 1.82) is 0 Å². The first-order valence-electron chi connectivity index (χ1n) is 10.6. The SMILES string of the molecule is CC12CCC3(CC1=CCC1C2CCC2(C)C1CCC21CO1)OCCO3. The molecular formula is C22H32O3. The highest BCUT2D eigenvalue weighted by Gasteiger charge is 2.69. The maximum atomic E-state index is 6.06. The van der Waals surface area contributed by atoms with Crippen molar-refractivity contribution in [2.24, 2.45) is 28.6 Å². The summed E-state index contributed by atoms with van der Waals surface area (Å²) in [5, 5.41) is 0. The summed E-state index contributed by atoms with van der Waals surface area (Å²) in [5.41, 5.74) is 2.75. The smallest absolute Gasteiger partial charge is 0.172 e. The van der Waals surface area contributed by atoms with Gasteiger partial charge in [0.25, 0.3) is 0 Å². The molecule has 2 spiro atoms. The third-order valence-electron chi connectivity index (χ3n) is 9.71. The lowest BCUT2D eigenvalue weighted by Crippen LogP contribution is -2.53. The van der Waals surface area contributed by atoms with Crippen LogP contribution in [0.15, 0.2) is 11.6 Å². The second-order valence-electron chi connectivity index (χ2n) is 10.3. The summed E-state index contributed by atoms with van der Waals surface area (Å²) in [6, 6.07) is 0. The Kier molecular flexibility index (Phi) is 2.95. The van der Waals surface area contributed by atoms with Crippen LogP contribution in [0.4, 0.5) is 0 Å². The third kappa shape index (κ3) is 1.83. The molecule has 3 heteroatoms. The lowest BCUT2D eigenvalue weighted by molar-refractivity contribution is -0.185. The standard InChI is InChI=1S/C22H32O3/c1-19-9-10-22(23-11-12-24-22)13-15(19)3-4-16-17(19)5-7-20(2)18(16)6-8-21(20)14-25-21/h3,16-18H,4-14H2,1-2H3. The van der Waals surface area contributed by atoms with Crippen LogP contribution >= 0.6 is 0 Å². The van der Waals surface area contributed by atoms with E-state index in [4.69, 9.17) is 14.2 Å². The quantitative estimate of drug-likeness (QED) is 0.480. The van der Waals surface area contributed by atoms with Gasteiger partial charge in [-0.25, -0.2) is 0 Å². The Morgan fingerprint density at radius 3 is 2.44 bits per heavy atom. The molecule has 0 amide bonds. The van der Waals surface area contributed by atoms with Crippen molar-refractivity contribution in [2.75, 3.05) is 19.8 Å². The van der Waals surface area contributed by atoms with Gasteiger partial charge in [-0.15, -0.1) is 0 Å². The van der Waals surface area contributed by atoms with E-state index in [1.807, 2.05) is 0 Å². The Labute approximate surface area is 151 Å². The number of allylic oxidation sites excluding steroid dienone is 1. The molecule has 0 radical (unpaired) electrons. The molecule has 25 heavy (non-hydrogen) atoms. The van der Waals surface area contributed by atoms with Crippen LogP contribution in [0.5, 0.6) is 0 Å². The van der Waals surface area contributed by atoms with Gasteiger partial charge in [0.1, 0.15) is 0 Å². The van der Waals surface area contributed by atoms with E-state index in [0.717, 1.165) is 50.4 Å². The van der Waals surface area contributed by atoms with Crippen LogP contribution in [0.1, 0.15) is 65.2 Å². The number of epoxide rings is 1. The van der Waals surface area contributed by atoms with Crippen molar-refractivity contribution in [3.63, 3.8) is 0 Å². The molecule has 0 aromatic rings. The number of ether oxygens (including phenoxy) is 3. The van der Waals surface area contributed by atoms with Gasteiger partial charge < -0.3 is 14.2 Å². The van der Waals surface area contributed by atoms with Crippen molar-refractivity contribution in [3.05, 3.63) is 11.6 Å². The number of fused-ring (bicyclic) bond motifs is 6. The zero-order valence-electron chi connectivity index (χ0n) is 15.8. The monoisotopic (exact) mass is 344 g/mol. The molecule has 3 nitrogen and oxygen atoms in total. The molecule has 2 heterocycles. The van der Waals surface area contributed by atoms with Crippen LogP contribution in [0.3, 0.4) is 0 Å².